The summed E-state index contributed by atoms with van der Waals surface area (Å²) in [4.78, 5) is 39.2. The standard InChI is InChI=1S/C27H37FO6/c1-5-6-7-23(33)34-27(22(32)15-29)16(2)12-20-19-9-8-17-13-18(30)10-11-24(17,3)26(19,28)21(31)14-25(20,27)4/h10-11,13,16,19-21,29,31H,5-9,12,14-15H2,1-4H3/t16-,19-,20?,21-,24-,25-,26-,27-/m0/s1/i1D3,5D2,6D2,7D2. The summed E-state index contributed by atoms with van der Waals surface area (Å²) in [7, 11) is 0. The van der Waals surface area contributed by atoms with Crippen LogP contribution in [-0.2, 0) is 19.1 Å². The molecule has 3 saturated carbocycles. The van der Waals surface area contributed by atoms with Gasteiger partial charge in [-0.15, -0.1) is 0 Å². The summed E-state index contributed by atoms with van der Waals surface area (Å²) in [6, 6.07) is 0. The number of carbonyl (C=O) groups excluding carboxylic acids is 3. The van der Waals surface area contributed by atoms with Gasteiger partial charge in [-0.05, 0) is 57.0 Å². The monoisotopic (exact) mass is 485 g/mol. The van der Waals surface area contributed by atoms with Gasteiger partial charge in [0.05, 0.1) is 6.10 Å². The van der Waals surface area contributed by atoms with Gasteiger partial charge in [0.25, 0.3) is 0 Å². The van der Waals surface area contributed by atoms with E-state index in [-0.39, 0.29) is 18.6 Å². The summed E-state index contributed by atoms with van der Waals surface area (Å²) < 4.78 is 93.6. The Morgan fingerprint density at radius 1 is 1.35 bits per heavy atom. The number of esters is 1. The average molecular weight is 486 g/mol. The third-order valence-electron chi connectivity index (χ3n) is 9.22. The van der Waals surface area contributed by atoms with Gasteiger partial charge >= 0.3 is 5.97 Å². The summed E-state index contributed by atoms with van der Waals surface area (Å²) in [5.41, 5.74) is -7.19. The molecule has 0 heterocycles. The van der Waals surface area contributed by atoms with E-state index >= 15 is 4.39 Å². The molecule has 7 heteroatoms. The summed E-state index contributed by atoms with van der Waals surface area (Å²) >= 11 is 0. The van der Waals surface area contributed by atoms with Crippen molar-refractivity contribution in [2.24, 2.45) is 28.6 Å². The van der Waals surface area contributed by atoms with E-state index in [4.69, 9.17) is 17.1 Å². The van der Waals surface area contributed by atoms with Crippen molar-refractivity contribution in [3.05, 3.63) is 23.8 Å². The molecule has 0 aromatic rings. The zero-order valence-corrected chi connectivity index (χ0v) is 19.5. The Labute approximate surface area is 213 Å². The predicted molar refractivity (Wildman–Crippen MR) is 123 cm³/mol. The van der Waals surface area contributed by atoms with Gasteiger partial charge in [0.15, 0.2) is 17.1 Å². The molecule has 1 unspecified atom stereocenters. The fraction of sp³-hybridized carbons (Fsp3) is 0.741. The van der Waals surface area contributed by atoms with Gasteiger partial charge < -0.3 is 14.9 Å². The second kappa shape index (κ2) is 8.37. The van der Waals surface area contributed by atoms with E-state index in [1.165, 1.54) is 32.1 Å². The maximum atomic E-state index is 17.5. The van der Waals surface area contributed by atoms with E-state index < -0.39 is 96.7 Å². The topological polar surface area (TPSA) is 101 Å². The maximum Gasteiger partial charge on any atom is 0.306 e. The van der Waals surface area contributed by atoms with Crippen molar-refractivity contribution in [3.63, 3.8) is 0 Å². The van der Waals surface area contributed by atoms with Crippen LogP contribution in [0, 0.1) is 28.6 Å². The Kier molecular flexibility index (Phi) is 3.94. The highest BCUT2D eigenvalue weighted by molar-refractivity contribution is 6.01. The van der Waals surface area contributed by atoms with Crippen LogP contribution in [0.1, 0.15) is 84.8 Å². The van der Waals surface area contributed by atoms with Gasteiger partial charge in [-0.25, -0.2) is 4.39 Å². The van der Waals surface area contributed by atoms with Crippen molar-refractivity contribution in [1.82, 2.24) is 0 Å². The van der Waals surface area contributed by atoms with Crippen LogP contribution in [0.5, 0.6) is 0 Å². The number of aliphatic hydroxyl groups excluding tert-OH is 2. The van der Waals surface area contributed by atoms with Crippen LogP contribution in [0.3, 0.4) is 0 Å². The Balaban J connectivity index is 1.82. The van der Waals surface area contributed by atoms with Gasteiger partial charge in [0.2, 0.25) is 5.78 Å². The third-order valence-corrected chi connectivity index (χ3v) is 9.22. The molecule has 8 atom stereocenters. The predicted octanol–water partition coefficient (Wildman–Crippen LogP) is 3.64. The number of hydrogen-bond acceptors (Lipinski definition) is 6. The Bertz CT molecular complexity index is 1300. The second-order valence-electron chi connectivity index (χ2n) is 10.5. The normalized spacial score (nSPS) is 50.7. The van der Waals surface area contributed by atoms with Gasteiger partial charge in [0.1, 0.15) is 6.61 Å². The second-order valence-corrected chi connectivity index (χ2v) is 10.5. The molecule has 0 aliphatic heterocycles. The number of alkyl halides is 1. The average Bonchev–Trinajstić information content (AvgIpc) is 3.10. The van der Waals surface area contributed by atoms with Crippen LogP contribution in [0.4, 0.5) is 4.39 Å². The molecular weight excluding hydrogens is 439 g/mol. The third kappa shape index (κ3) is 3.08. The lowest BCUT2D eigenvalue weighted by Crippen LogP contribution is -2.70. The molecule has 0 radical (unpaired) electrons. The van der Waals surface area contributed by atoms with Gasteiger partial charge in [0, 0.05) is 41.4 Å². The SMILES string of the molecule is [2H]C([2H])([2H])C([2H])([2H])C([2H])([2H])C([2H])([2H])C(=O)O[C@]1(C(=O)CO)[C@@H](C)CC2[C@@H]3CCC4=CC(=O)C=C[C@]4(C)[C@@]3(F)[C@@H](O)C[C@@]21C. The number of ketones is 2. The van der Waals surface area contributed by atoms with E-state index in [0.717, 1.165) is 0 Å². The fourth-order valence-corrected chi connectivity index (χ4v) is 7.77. The smallest absolute Gasteiger partial charge is 0.306 e. The van der Waals surface area contributed by atoms with Crippen molar-refractivity contribution < 1.29 is 46.1 Å². The summed E-state index contributed by atoms with van der Waals surface area (Å²) in [5.74, 6) is -6.20. The van der Waals surface area contributed by atoms with Crippen LogP contribution in [0.25, 0.3) is 0 Å². The van der Waals surface area contributed by atoms with Crippen molar-refractivity contribution in [3.8, 4) is 0 Å². The van der Waals surface area contributed by atoms with Gasteiger partial charge in [-0.2, -0.15) is 0 Å². The Morgan fingerprint density at radius 3 is 2.76 bits per heavy atom. The molecule has 4 rings (SSSR count). The Morgan fingerprint density at radius 2 is 2.09 bits per heavy atom. The van der Waals surface area contributed by atoms with Crippen LogP contribution >= 0.6 is 0 Å². The highest BCUT2D eigenvalue weighted by Crippen LogP contribution is 2.71. The van der Waals surface area contributed by atoms with Crippen molar-refractivity contribution in [1.29, 1.82) is 0 Å². The summed E-state index contributed by atoms with van der Waals surface area (Å²) in [6.07, 6.45) is -9.59. The van der Waals surface area contributed by atoms with E-state index in [9.17, 15) is 24.6 Å². The number of hydrogen-bond donors (Lipinski definition) is 2. The van der Waals surface area contributed by atoms with E-state index in [1.807, 2.05) is 0 Å². The lowest BCUT2D eigenvalue weighted by atomic mass is 9.44. The zero-order chi connectivity index (χ0) is 33.0. The largest absolute Gasteiger partial charge is 0.450 e. The van der Waals surface area contributed by atoms with E-state index in [0.29, 0.717) is 12.0 Å². The van der Waals surface area contributed by atoms with Crippen molar-refractivity contribution in [2.45, 2.75) is 89.8 Å². The number of aliphatic hydroxyl groups is 2. The molecule has 0 aromatic carbocycles. The van der Waals surface area contributed by atoms with Crippen LogP contribution in [-0.4, -0.2) is 51.7 Å². The minimum absolute atomic E-state index is 0.0301. The highest BCUT2D eigenvalue weighted by Gasteiger charge is 2.77. The molecular formula is C27H37FO6. The number of fused-ring (bicyclic) bond motifs is 5. The van der Waals surface area contributed by atoms with E-state index in [1.54, 1.807) is 6.92 Å². The molecule has 4 aliphatic carbocycles. The Hall–Kier alpha value is -1.86. The molecule has 2 N–H and O–H groups in total. The van der Waals surface area contributed by atoms with Crippen LogP contribution in [0.15, 0.2) is 23.8 Å². The lowest BCUT2D eigenvalue weighted by Gasteiger charge is -2.62. The van der Waals surface area contributed by atoms with Crippen molar-refractivity contribution >= 4 is 17.5 Å². The first-order valence-corrected chi connectivity index (χ1v) is 11.5. The first kappa shape index (κ1) is 16.0. The lowest BCUT2D eigenvalue weighted by molar-refractivity contribution is -0.228. The number of carbonyl (C=O) groups is 3. The molecule has 0 bridgehead atoms. The van der Waals surface area contributed by atoms with Crippen molar-refractivity contribution in [2.75, 3.05) is 6.61 Å². The molecule has 6 nitrogen and oxygen atoms in total. The number of Topliss-reactive ketones (excluding diaryl/α,β-unsaturated/α-hetero) is 1. The molecule has 3 fully saturated rings. The molecule has 0 amide bonds. The maximum absolute atomic E-state index is 17.5. The molecule has 34 heavy (non-hydrogen) atoms. The molecule has 4 aliphatic rings. The first-order valence-electron chi connectivity index (χ1n) is 16.0. The number of ether oxygens (including phenoxy) is 1. The number of allylic oxidation sites excluding steroid dienone is 4. The number of rotatable bonds is 6. The number of halogens is 1. The molecule has 188 valence electrons. The molecule has 0 aromatic heterocycles. The van der Waals surface area contributed by atoms with Crippen LogP contribution < -0.4 is 0 Å². The first-order chi connectivity index (χ1) is 19.3. The van der Waals surface area contributed by atoms with Crippen LogP contribution in [0.2, 0.25) is 0 Å². The minimum Gasteiger partial charge on any atom is -0.450 e. The molecule has 0 spiro atoms. The molecule has 0 saturated heterocycles. The van der Waals surface area contributed by atoms with Gasteiger partial charge in [-0.1, -0.05) is 38.7 Å². The van der Waals surface area contributed by atoms with E-state index in [2.05, 4.69) is 0 Å². The highest BCUT2D eigenvalue weighted by atomic mass is 19.1. The minimum atomic E-state index is -3.99. The summed E-state index contributed by atoms with van der Waals surface area (Å²) in [5, 5.41) is 21.6. The summed E-state index contributed by atoms with van der Waals surface area (Å²) in [6.45, 7) is -0.383. The zero-order valence-electron chi connectivity index (χ0n) is 28.5. The fourth-order valence-electron chi connectivity index (χ4n) is 7.77. The quantitative estimate of drug-likeness (QED) is 0.557. The van der Waals surface area contributed by atoms with Gasteiger partial charge in [-0.3, -0.25) is 14.4 Å².